The van der Waals surface area contributed by atoms with Crippen molar-refractivity contribution in [2.45, 2.75) is 25.8 Å². The van der Waals surface area contributed by atoms with Crippen LogP contribution in [-0.4, -0.2) is 7.05 Å². The maximum atomic E-state index is 6.02. The zero-order chi connectivity index (χ0) is 13.7. The molecule has 0 saturated carbocycles. The van der Waals surface area contributed by atoms with Crippen LogP contribution in [-0.2, 0) is 6.42 Å². The highest BCUT2D eigenvalue weighted by molar-refractivity contribution is 6.30. The van der Waals surface area contributed by atoms with Gasteiger partial charge in [-0.25, -0.2) is 0 Å². The van der Waals surface area contributed by atoms with Gasteiger partial charge in [0.2, 0.25) is 0 Å². The summed E-state index contributed by atoms with van der Waals surface area (Å²) in [6, 6.07) is 17.1. The van der Waals surface area contributed by atoms with Crippen molar-refractivity contribution in [1.29, 1.82) is 0 Å². The minimum absolute atomic E-state index is 0.373. The summed E-state index contributed by atoms with van der Waals surface area (Å²) in [6.45, 7) is 2.12. The van der Waals surface area contributed by atoms with Gasteiger partial charge >= 0.3 is 0 Å². The van der Waals surface area contributed by atoms with E-state index in [0.717, 1.165) is 17.9 Å². The lowest BCUT2D eigenvalue weighted by Gasteiger charge is -2.19. The van der Waals surface area contributed by atoms with Gasteiger partial charge in [0.05, 0.1) is 0 Å². The molecule has 0 amide bonds. The Morgan fingerprint density at radius 2 is 1.84 bits per heavy atom. The van der Waals surface area contributed by atoms with Gasteiger partial charge in [0.15, 0.2) is 0 Å². The fourth-order valence-electron chi connectivity index (χ4n) is 2.44. The first kappa shape index (κ1) is 14.1. The van der Waals surface area contributed by atoms with Crippen molar-refractivity contribution < 1.29 is 0 Å². The molecule has 1 nitrogen and oxygen atoms in total. The van der Waals surface area contributed by atoms with Gasteiger partial charge in [-0.1, -0.05) is 48.0 Å². The average Bonchev–Trinajstić information content (AvgIpc) is 2.42. The largest absolute Gasteiger partial charge is 0.313 e. The van der Waals surface area contributed by atoms with Gasteiger partial charge in [0.1, 0.15) is 0 Å². The first-order valence-corrected chi connectivity index (χ1v) is 7.05. The van der Waals surface area contributed by atoms with E-state index in [2.05, 4.69) is 48.6 Å². The molecule has 2 aromatic rings. The van der Waals surface area contributed by atoms with Gasteiger partial charge in [0, 0.05) is 11.1 Å². The van der Waals surface area contributed by atoms with E-state index in [1.165, 1.54) is 16.7 Å². The first-order chi connectivity index (χ1) is 9.20. The third-order valence-electron chi connectivity index (χ3n) is 3.52. The number of halogens is 1. The van der Waals surface area contributed by atoms with E-state index in [0.29, 0.717) is 6.04 Å². The standard InChI is InChI=1S/C17H20ClN/c1-13-12-15(18)9-10-16(13)17(19-2)11-8-14-6-4-3-5-7-14/h3-7,9-10,12,17,19H,8,11H2,1-2H3. The molecule has 1 N–H and O–H groups in total. The van der Waals surface area contributed by atoms with Crippen LogP contribution in [0.15, 0.2) is 48.5 Å². The highest BCUT2D eigenvalue weighted by Gasteiger charge is 2.11. The summed E-state index contributed by atoms with van der Waals surface area (Å²) in [5, 5.41) is 4.21. The Labute approximate surface area is 120 Å². The number of rotatable bonds is 5. The van der Waals surface area contributed by atoms with Gasteiger partial charge < -0.3 is 5.32 Å². The predicted molar refractivity (Wildman–Crippen MR) is 82.8 cm³/mol. The fraction of sp³-hybridized carbons (Fsp3) is 0.294. The summed E-state index contributed by atoms with van der Waals surface area (Å²) in [6.07, 6.45) is 2.16. The lowest BCUT2D eigenvalue weighted by Crippen LogP contribution is -2.18. The minimum atomic E-state index is 0.373. The number of benzene rings is 2. The monoisotopic (exact) mass is 273 g/mol. The molecule has 0 heterocycles. The van der Waals surface area contributed by atoms with Gasteiger partial charge in [-0.3, -0.25) is 0 Å². The number of hydrogen-bond donors (Lipinski definition) is 1. The quantitative estimate of drug-likeness (QED) is 0.843. The first-order valence-electron chi connectivity index (χ1n) is 6.68. The van der Waals surface area contributed by atoms with Crippen molar-refractivity contribution in [3.63, 3.8) is 0 Å². The van der Waals surface area contributed by atoms with Gasteiger partial charge in [-0.15, -0.1) is 0 Å². The molecule has 0 aliphatic rings. The Hall–Kier alpha value is -1.31. The minimum Gasteiger partial charge on any atom is -0.313 e. The lowest BCUT2D eigenvalue weighted by atomic mass is 9.96. The van der Waals surface area contributed by atoms with Crippen LogP contribution in [0.25, 0.3) is 0 Å². The third kappa shape index (κ3) is 3.82. The topological polar surface area (TPSA) is 12.0 Å². The second-order valence-electron chi connectivity index (χ2n) is 4.87. The Kier molecular flexibility index (Phi) is 5.00. The Balaban J connectivity index is 2.08. The SMILES string of the molecule is CNC(CCc1ccccc1)c1ccc(Cl)cc1C. The lowest BCUT2D eigenvalue weighted by molar-refractivity contribution is 0.547. The molecule has 0 aliphatic carbocycles. The van der Waals surface area contributed by atoms with E-state index in [9.17, 15) is 0 Å². The second-order valence-corrected chi connectivity index (χ2v) is 5.30. The van der Waals surface area contributed by atoms with Crippen molar-refractivity contribution >= 4 is 11.6 Å². The summed E-state index contributed by atoms with van der Waals surface area (Å²) in [7, 11) is 2.02. The number of nitrogens with one attached hydrogen (secondary N) is 1. The van der Waals surface area contributed by atoms with Gasteiger partial charge in [-0.2, -0.15) is 0 Å². The van der Waals surface area contributed by atoms with E-state index in [1.54, 1.807) is 0 Å². The molecule has 19 heavy (non-hydrogen) atoms. The van der Waals surface area contributed by atoms with Crippen LogP contribution in [0.4, 0.5) is 0 Å². The molecular weight excluding hydrogens is 254 g/mol. The van der Waals surface area contributed by atoms with Crippen LogP contribution >= 0.6 is 11.6 Å². The molecule has 0 bridgehead atoms. The van der Waals surface area contributed by atoms with Gasteiger partial charge in [0.25, 0.3) is 0 Å². The van der Waals surface area contributed by atoms with Crippen LogP contribution in [0, 0.1) is 6.92 Å². The molecule has 1 unspecified atom stereocenters. The van der Waals surface area contributed by atoms with Crippen LogP contribution < -0.4 is 5.32 Å². The molecule has 0 aliphatic heterocycles. The molecule has 100 valence electrons. The molecule has 2 rings (SSSR count). The van der Waals surface area contributed by atoms with E-state index in [4.69, 9.17) is 11.6 Å². The van der Waals surface area contributed by atoms with Crippen LogP contribution in [0.1, 0.15) is 29.2 Å². The zero-order valence-corrected chi connectivity index (χ0v) is 12.2. The van der Waals surface area contributed by atoms with E-state index in [-0.39, 0.29) is 0 Å². The summed E-state index contributed by atoms with van der Waals surface area (Å²) in [5.41, 5.74) is 3.97. The second kappa shape index (κ2) is 6.74. The van der Waals surface area contributed by atoms with Gasteiger partial charge in [-0.05, 0) is 55.6 Å². The van der Waals surface area contributed by atoms with Crippen molar-refractivity contribution in [2.75, 3.05) is 7.05 Å². The summed E-state index contributed by atoms with van der Waals surface area (Å²) < 4.78 is 0. The summed E-state index contributed by atoms with van der Waals surface area (Å²) in [4.78, 5) is 0. The van der Waals surface area contributed by atoms with Crippen LogP contribution in [0.3, 0.4) is 0 Å². The smallest absolute Gasteiger partial charge is 0.0408 e. The Morgan fingerprint density at radius 1 is 1.11 bits per heavy atom. The Morgan fingerprint density at radius 3 is 2.47 bits per heavy atom. The average molecular weight is 274 g/mol. The molecule has 0 spiro atoms. The van der Waals surface area contributed by atoms with Crippen LogP contribution in [0.2, 0.25) is 5.02 Å². The van der Waals surface area contributed by atoms with E-state index < -0.39 is 0 Å². The van der Waals surface area contributed by atoms with Crippen LogP contribution in [0.5, 0.6) is 0 Å². The molecule has 0 fully saturated rings. The molecule has 1 atom stereocenters. The maximum absolute atomic E-state index is 6.02. The van der Waals surface area contributed by atoms with Crippen molar-refractivity contribution in [3.8, 4) is 0 Å². The van der Waals surface area contributed by atoms with E-state index in [1.807, 2.05) is 19.2 Å². The fourth-order valence-corrected chi connectivity index (χ4v) is 2.67. The van der Waals surface area contributed by atoms with Crippen molar-refractivity contribution in [2.24, 2.45) is 0 Å². The molecule has 2 heteroatoms. The predicted octanol–water partition coefficient (Wildman–Crippen LogP) is 4.54. The molecular formula is C17H20ClN. The molecule has 0 radical (unpaired) electrons. The number of aryl methyl sites for hydroxylation is 2. The van der Waals surface area contributed by atoms with Crippen molar-refractivity contribution in [1.82, 2.24) is 5.32 Å². The summed E-state index contributed by atoms with van der Waals surface area (Å²) >= 11 is 6.02. The molecule has 0 saturated heterocycles. The zero-order valence-electron chi connectivity index (χ0n) is 11.5. The Bertz CT molecular complexity index is 522. The maximum Gasteiger partial charge on any atom is 0.0408 e. The normalized spacial score (nSPS) is 12.4. The summed E-state index contributed by atoms with van der Waals surface area (Å²) in [5.74, 6) is 0. The highest BCUT2D eigenvalue weighted by Crippen LogP contribution is 2.24. The third-order valence-corrected chi connectivity index (χ3v) is 3.76. The van der Waals surface area contributed by atoms with Crippen molar-refractivity contribution in [3.05, 3.63) is 70.2 Å². The van der Waals surface area contributed by atoms with E-state index >= 15 is 0 Å². The molecule has 0 aromatic heterocycles. The number of hydrogen-bond acceptors (Lipinski definition) is 1. The highest BCUT2D eigenvalue weighted by atomic mass is 35.5. The molecule has 2 aromatic carbocycles.